The summed E-state index contributed by atoms with van der Waals surface area (Å²) in [6.07, 6.45) is 4.41. The molecule has 0 aliphatic heterocycles. The summed E-state index contributed by atoms with van der Waals surface area (Å²) in [6, 6.07) is 0. The van der Waals surface area contributed by atoms with Gasteiger partial charge in [0, 0.05) is 6.42 Å². The molecule has 0 N–H and O–H groups in total. The summed E-state index contributed by atoms with van der Waals surface area (Å²) in [7, 11) is 0. The molecule has 0 heterocycles. The molecule has 0 unspecified atom stereocenters. The SMILES string of the molecule is CCOC(=O)C[C@H]1CCC[C@@H]1C. The molecule has 0 amide bonds. The third-order valence-electron chi connectivity index (χ3n) is 2.77. The number of rotatable bonds is 3. The second kappa shape index (κ2) is 4.48. The lowest BCUT2D eigenvalue weighted by molar-refractivity contribution is -0.144. The van der Waals surface area contributed by atoms with Gasteiger partial charge in [-0.15, -0.1) is 0 Å². The summed E-state index contributed by atoms with van der Waals surface area (Å²) >= 11 is 0. The molecule has 70 valence electrons. The molecule has 0 aromatic rings. The van der Waals surface area contributed by atoms with Crippen LogP contribution in [-0.4, -0.2) is 12.6 Å². The zero-order valence-corrected chi connectivity index (χ0v) is 8.01. The summed E-state index contributed by atoms with van der Waals surface area (Å²) in [6.45, 7) is 4.60. The Morgan fingerprint density at radius 2 is 2.25 bits per heavy atom. The van der Waals surface area contributed by atoms with Crippen molar-refractivity contribution in [2.45, 2.75) is 39.5 Å². The van der Waals surface area contributed by atoms with Gasteiger partial charge in [0.1, 0.15) is 0 Å². The number of hydrogen-bond acceptors (Lipinski definition) is 2. The zero-order chi connectivity index (χ0) is 8.97. The minimum Gasteiger partial charge on any atom is -0.466 e. The van der Waals surface area contributed by atoms with Crippen molar-refractivity contribution in [3.63, 3.8) is 0 Å². The van der Waals surface area contributed by atoms with Gasteiger partial charge in [-0.2, -0.15) is 0 Å². The first-order valence-electron chi connectivity index (χ1n) is 4.89. The smallest absolute Gasteiger partial charge is 0.306 e. The maximum atomic E-state index is 11.1. The van der Waals surface area contributed by atoms with E-state index in [2.05, 4.69) is 6.92 Å². The van der Waals surface area contributed by atoms with Crippen molar-refractivity contribution in [3.05, 3.63) is 0 Å². The van der Waals surface area contributed by atoms with Gasteiger partial charge >= 0.3 is 5.97 Å². The van der Waals surface area contributed by atoms with E-state index in [4.69, 9.17) is 4.74 Å². The summed E-state index contributed by atoms with van der Waals surface area (Å²) in [5.74, 6) is 1.29. The predicted molar refractivity (Wildman–Crippen MR) is 47.8 cm³/mol. The van der Waals surface area contributed by atoms with Crippen LogP contribution in [0, 0.1) is 11.8 Å². The van der Waals surface area contributed by atoms with E-state index < -0.39 is 0 Å². The molecule has 1 aliphatic carbocycles. The van der Waals surface area contributed by atoms with E-state index in [-0.39, 0.29) is 5.97 Å². The maximum Gasteiger partial charge on any atom is 0.306 e. The molecule has 0 bridgehead atoms. The first-order valence-corrected chi connectivity index (χ1v) is 4.89. The van der Waals surface area contributed by atoms with Crippen molar-refractivity contribution < 1.29 is 9.53 Å². The van der Waals surface area contributed by atoms with Gasteiger partial charge in [0.15, 0.2) is 0 Å². The van der Waals surface area contributed by atoms with E-state index in [9.17, 15) is 4.79 Å². The van der Waals surface area contributed by atoms with E-state index in [0.29, 0.717) is 18.9 Å². The van der Waals surface area contributed by atoms with Gasteiger partial charge in [-0.3, -0.25) is 4.79 Å². The number of esters is 1. The van der Waals surface area contributed by atoms with Gasteiger partial charge in [0.05, 0.1) is 6.61 Å². The van der Waals surface area contributed by atoms with Crippen molar-refractivity contribution in [3.8, 4) is 0 Å². The monoisotopic (exact) mass is 170 g/mol. The summed E-state index contributed by atoms with van der Waals surface area (Å²) in [5.41, 5.74) is 0. The molecule has 0 aromatic heterocycles. The van der Waals surface area contributed by atoms with Crippen molar-refractivity contribution in [1.29, 1.82) is 0 Å². The molecule has 12 heavy (non-hydrogen) atoms. The van der Waals surface area contributed by atoms with E-state index >= 15 is 0 Å². The Morgan fingerprint density at radius 1 is 1.50 bits per heavy atom. The third-order valence-corrected chi connectivity index (χ3v) is 2.77. The molecular weight excluding hydrogens is 152 g/mol. The number of carbonyl (C=O) groups is 1. The average molecular weight is 170 g/mol. The zero-order valence-electron chi connectivity index (χ0n) is 8.01. The van der Waals surface area contributed by atoms with Gasteiger partial charge in [0.2, 0.25) is 0 Å². The lowest BCUT2D eigenvalue weighted by atomic mass is 9.95. The first-order chi connectivity index (χ1) is 5.74. The molecule has 2 nitrogen and oxygen atoms in total. The highest BCUT2D eigenvalue weighted by Crippen LogP contribution is 2.33. The Morgan fingerprint density at radius 3 is 2.75 bits per heavy atom. The van der Waals surface area contributed by atoms with Gasteiger partial charge in [-0.05, 0) is 25.2 Å². The fourth-order valence-corrected chi connectivity index (χ4v) is 1.96. The summed E-state index contributed by atoms with van der Waals surface area (Å²) < 4.78 is 4.91. The standard InChI is InChI=1S/C10H18O2/c1-3-12-10(11)7-9-6-4-5-8(9)2/h8-9H,3-7H2,1-2H3/t8-,9+/m0/s1. The molecular formula is C10H18O2. The Labute approximate surface area is 74.3 Å². The molecule has 2 heteroatoms. The normalized spacial score (nSPS) is 28.8. The van der Waals surface area contributed by atoms with Crippen LogP contribution in [0.25, 0.3) is 0 Å². The number of ether oxygens (including phenoxy) is 1. The van der Waals surface area contributed by atoms with Crippen LogP contribution in [-0.2, 0) is 9.53 Å². The average Bonchev–Trinajstić information content (AvgIpc) is 2.37. The highest BCUT2D eigenvalue weighted by Gasteiger charge is 2.25. The Hall–Kier alpha value is -0.530. The van der Waals surface area contributed by atoms with E-state index in [0.717, 1.165) is 5.92 Å². The molecule has 0 saturated heterocycles. The fourth-order valence-electron chi connectivity index (χ4n) is 1.96. The molecule has 0 radical (unpaired) electrons. The molecule has 2 atom stereocenters. The van der Waals surface area contributed by atoms with E-state index in [1.807, 2.05) is 6.92 Å². The molecule has 0 aromatic carbocycles. The van der Waals surface area contributed by atoms with Crippen LogP contribution in [0.3, 0.4) is 0 Å². The Kier molecular flexibility index (Phi) is 3.57. The Balaban J connectivity index is 2.25. The van der Waals surface area contributed by atoms with Crippen LogP contribution in [0.1, 0.15) is 39.5 Å². The van der Waals surface area contributed by atoms with Gasteiger partial charge in [-0.1, -0.05) is 19.8 Å². The van der Waals surface area contributed by atoms with Crippen LogP contribution in [0.15, 0.2) is 0 Å². The van der Waals surface area contributed by atoms with Crippen molar-refractivity contribution in [1.82, 2.24) is 0 Å². The van der Waals surface area contributed by atoms with Crippen LogP contribution in [0.5, 0.6) is 0 Å². The maximum absolute atomic E-state index is 11.1. The van der Waals surface area contributed by atoms with Crippen molar-refractivity contribution >= 4 is 5.97 Å². The summed E-state index contributed by atoms with van der Waals surface area (Å²) in [4.78, 5) is 11.1. The minimum atomic E-state index is -0.0174. The molecule has 1 rings (SSSR count). The predicted octanol–water partition coefficient (Wildman–Crippen LogP) is 2.38. The number of carbonyl (C=O) groups excluding carboxylic acids is 1. The molecule has 1 fully saturated rings. The lowest BCUT2D eigenvalue weighted by Gasteiger charge is -2.13. The highest BCUT2D eigenvalue weighted by atomic mass is 16.5. The topological polar surface area (TPSA) is 26.3 Å². The Bertz CT molecular complexity index is 154. The largest absolute Gasteiger partial charge is 0.466 e. The number of hydrogen-bond donors (Lipinski definition) is 0. The lowest BCUT2D eigenvalue weighted by Crippen LogP contribution is -2.13. The molecule has 1 aliphatic rings. The van der Waals surface area contributed by atoms with E-state index in [1.54, 1.807) is 0 Å². The minimum absolute atomic E-state index is 0.0174. The molecule has 1 saturated carbocycles. The highest BCUT2D eigenvalue weighted by molar-refractivity contribution is 5.69. The van der Waals surface area contributed by atoms with Crippen molar-refractivity contribution in [2.24, 2.45) is 11.8 Å². The van der Waals surface area contributed by atoms with Crippen LogP contribution >= 0.6 is 0 Å². The first kappa shape index (κ1) is 9.56. The van der Waals surface area contributed by atoms with E-state index in [1.165, 1.54) is 19.3 Å². The van der Waals surface area contributed by atoms with Crippen LogP contribution in [0.2, 0.25) is 0 Å². The van der Waals surface area contributed by atoms with Crippen LogP contribution < -0.4 is 0 Å². The second-order valence-corrected chi connectivity index (χ2v) is 3.68. The second-order valence-electron chi connectivity index (χ2n) is 3.68. The molecule has 0 spiro atoms. The van der Waals surface area contributed by atoms with Gasteiger partial charge in [0.25, 0.3) is 0 Å². The van der Waals surface area contributed by atoms with Gasteiger partial charge < -0.3 is 4.74 Å². The fraction of sp³-hybridized carbons (Fsp3) is 0.900. The van der Waals surface area contributed by atoms with Crippen molar-refractivity contribution in [2.75, 3.05) is 6.61 Å². The quantitative estimate of drug-likeness (QED) is 0.608. The summed E-state index contributed by atoms with van der Waals surface area (Å²) in [5, 5.41) is 0. The van der Waals surface area contributed by atoms with Crippen LogP contribution in [0.4, 0.5) is 0 Å². The van der Waals surface area contributed by atoms with Gasteiger partial charge in [-0.25, -0.2) is 0 Å². The third kappa shape index (κ3) is 2.50.